The molecular formula is C16H16Cl2N2O. The molecule has 0 saturated heterocycles. The molecule has 2 N–H and O–H groups in total. The van der Waals surface area contributed by atoms with E-state index in [2.05, 4.69) is 10.6 Å². The highest BCUT2D eigenvalue weighted by Crippen LogP contribution is 2.26. The lowest BCUT2D eigenvalue weighted by Crippen LogP contribution is -2.34. The maximum atomic E-state index is 12.3. The predicted molar refractivity (Wildman–Crippen MR) is 89.2 cm³/mol. The van der Waals surface area contributed by atoms with Crippen molar-refractivity contribution in [3.05, 3.63) is 58.6 Å². The number of halogens is 2. The molecular weight excluding hydrogens is 307 g/mol. The van der Waals surface area contributed by atoms with Gasteiger partial charge >= 0.3 is 0 Å². The first kappa shape index (κ1) is 15.7. The number of carbonyl (C=O) groups is 1. The molecule has 110 valence electrons. The molecule has 0 spiro atoms. The Morgan fingerprint density at radius 2 is 1.86 bits per heavy atom. The SMILES string of the molecule is CC[C@H](Nc1ccc(Cl)cc1Cl)C(=O)Nc1ccccc1. The summed E-state index contributed by atoms with van der Waals surface area (Å²) < 4.78 is 0. The Kier molecular flexibility index (Phi) is 5.48. The molecule has 0 aromatic heterocycles. The number of rotatable bonds is 5. The minimum atomic E-state index is -0.371. The maximum Gasteiger partial charge on any atom is 0.246 e. The Balaban J connectivity index is 2.07. The van der Waals surface area contributed by atoms with E-state index in [4.69, 9.17) is 23.2 Å². The highest BCUT2D eigenvalue weighted by molar-refractivity contribution is 6.36. The third-order valence-corrected chi connectivity index (χ3v) is 3.57. The first-order chi connectivity index (χ1) is 10.1. The van der Waals surface area contributed by atoms with Crippen LogP contribution < -0.4 is 10.6 Å². The summed E-state index contributed by atoms with van der Waals surface area (Å²) in [5.74, 6) is -0.102. The Bertz CT molecular complexity index is 617. The monoisotopic (exact) mass is 322 g/mol. The topological polar surface area (TPSA) is 41.1 Å². The molecule has 1 amide bonds. The van der Waals surface area contributed by atoms with Crippen molar-refractivity contribution in [3.8, 4) is 0 Å². The average molecular weight is 323 g/mol. The van der Waals surface area contributed by atoms with Crippen LogP contribution in [0, 0.1) is 0 Å². The molecule has 0 aliphatic rings. The van der Waals surface area contributed by atoms with E-state index in [0.717, 1.165) is 5.69 Å². The number of hydrogen-bond acceptors (Lipinski definition) is 2. The highest BCUT2D eigenvalue weighted by atomic mass is 35.5. The summed E-state index contributed by atoms with van der Waals surface area (Å²) in [6.45, 7) is 1.94. The Morgan fingerprint density at radius 3 is 2.48 bits per heavy atom. The lowest BCUT2D eigenvalue weighted by molar-refractivity contribution is -0.116. The van der Waals surface area contributed by atoms with Crippen molar-refractivity contribution in [3.63, 3.8) is 0 Å². The van der Waals surface area contributed by atoms with Crippen molar-refractivity contribution in [2.45, 2.75) is 19.4 Å². The molecule has 2 aromatic rings. The van der Waals surface area contributed by atoms with Crippen LogP contribution in [0.15, 0.2) is 48.5 Å². The number of nitrogens with one attached hydrogen (secondary N) is 2. The number of para-hydroxylation sites is 1. The number of amides is 1. The fourth-order valence-electron chi connectivity index (χ4n) is 1.90. The van der Waals surface area contributed by atoms with E-state index in [0.29, 0.717) is 22.2 Å². The van der Waals surface area contributed by atoms with Crippen LogP contribution in [0.5, 0.6) is 0 Å². The van der Waals surface area contributed by atoms with Gasteiger partial charge in [0.25, 0.3) is 0 Å². The van der Waals surface area contributed by atoms with Crippen LogP contribution in [0.1, 0.15) is 13.3 Å². The summed E-state index contributed by atoms with van der Waals surface area (Å²) in [6, 6.07) is 14.1. The zero-order chi connectivity index (χ0) is 15.2. The second-order valence-electron chi connectivity index (χ2n) is 4.58. The molecule has 0 bridgehead atoms. The van der Waals surface area contributed by atoms with E-state index in [1.54, 1.807) is 18.2 Å². The quantitative estimate of drug-likeness (QED) is 0.828. The van der Waals surface area contributed by atoms with Crippen LogP contribution in [0.2, 0.25) is 10.0 Å². The van der Waals surface area contributed by atoms with Crippen molar-refractivity contribution >= 4 is 40.5 Å². The zero-order valence-electron chi connectivity index (χ0n) is 11.6. The van der Waals surface area contributed by atoms with Crippen molar-refractivity contribution < 1.29 is 4.79 Å². The van der Waals surface area contributed by atoms with Crippen LogP contribution in [-0.2, 0) is 4.79 Å². The summed E-state index contributed by atoms with van der Waals surface area (Å²) >= 11 is 12.0. The summed E-state index contributed by atoms with van der Waals surface area (Å²) in [4.78, 5) is 12.3. The second kappa shape index (κ2) is 7.34. The summed E-state index contributed by atoms with van der Waals surface area (Å²) in [5, 5.41) is 7.07. The molecule has 0 aliphatic heterocycles. The Hall–Kier alpha value is -1.71. The standard InChI is InChI=1S/C16H16Cl2N2O/c1-2-14(16(21)19-12-6-4-3-5-7-12)20-15-9-8-11(17)10-13(15)18/h3-10,14,20H,2H2,1H3,(H,19,21)/t14-/m0/s1. The molecule has 2 rings (SSSR count). The minimum Gasteiger partial charge on any atom is -0.372 e. The molecule has 3 nitrogen and oxygen atoms in total. The fraction of sp³-hybridized carbons (Fsp3) is 0.188. The molecule has 0 radical (unpaired) electrons. The van der Waals surface area contributed by atoms with Crippen LogP contribution >= 0.6 is 23.2 Å². The largest absolute Gasteiger partial charge is 0.372 e. The van der Waals surface area contributed by atoms with E-state index in [-0.39, 0.29) is 11.9 Å². The van der Waals surface area contributed by atoms with E-state index >= 15 is 0 Å². The van der Waals surface area contributed by atoms with Crippen molar-refractivity contribution in [2.75, 3.05) is 10.6 Å². The van der Waals surface area contributed by atoms with E-state index < -0.39 is 0 Å². The summed E-state index contributed by atoms with van der Waals surface area (Å²) in [6.07, 6.45) is 0.637. The molecule has 1 atom stereocenters. The van der Waals surface area contributed by atoms with Gasteiger partial charge in [0.1, 0.15) is 6.04 Å². The second-order valence-corrected chi connectivity index (χ2v) is 5.43. The van der Waals surface area contributed by atoms with Gasteiger partial charge in [0.15, 0.2) is 0 Å². The fourth-order valence-corrected chi connectivity index (χ4v) is 2.36. The number of benzene rings is 2. The Morgan fingerprint density at radius 1 is 1.14 bits per heavy atom. The van der Waals surface area contributed by atoms with Gasteiger partial charge in [0, 0.05) is 10.7 Å². The molecule has 5 heteroatoms. The third kappa shape index (κ3) is 4.38. The van der Waals surface area contributed by atoms with Crippen LogP contribution in [0.4, 0.5) is 11.4 Å². The van der Waals surface area contributed by atoms with Crippen LogP contribution in [0.25, 0.3) is 0 Å². The molecule has 0 aliphatic carbocycles. The maximum absolute atomic E-state index is 12.3. The van der Waals surface area contributed by atoms with Crippen molar-refractivity contribution in [2.24, 2.45) is 0 Å². The summed E-state index contributed by atoms with van der Waals surface area (Å²) in [5.41, 5.74) is 1.46. The third-order valence-electron chi connectivity index (χ3n) is 3.03. The van der Waals surface area contributed by atoms with Gasteiger partial charge in [-0.05, 0) is 36.8 Å². The molecule has 0 fully saturated rings. The van der Waals surface area contributed by atoms with Gasteiger partial charge < -0.3 is 10.6 Å². The molecule has 0 saturated carbocycles. The number of anilines is 2. The lowest BCUT2D eigenvalue weighted by Gasteiger charge is -2.19. The van der Waals surface area contributed by atoms with Gasteiger partial charge in [-0.15, -0.1) is 0 Å². The van der Waals surface area contributed by atoms with Crippen molar-refractivity contribution in [1.82, 2.24) is 0 Å². The minimum absolute atomic E-state index is 0.102. The molecule has 21 heavy (non-hydrogen) atoms. The molecule has 0 heterocycles. The predicted octanol–water partition coefficient (Wildman–Crippen LogP) is 4.82. The van der Waals surface area contributed by atoms with E-state index in [9.17, 15) is 4.79 Å². The molecule has 0 unspecified atom stereocenters. The Labute approximate surface area is 134 Å². The normalized spacial score (nSPS) is 11.8. The van der Waals surface area contributed by atoms with Gasteiger partial charge in [-0.25, -0.2) is 0 Å². The van der Waals surface area contributed by atoms with Gasteiger partial charge in [0.05, 0.1) is 10.7 Å². The average Bonchev–Trinajstić information content (AvgIpc) is 2.47. The highest BCUT2D eigenvalue weighted by Gasteiger charge is 2.17. The number of hydrogen-bond donors (Lipinski definition) is 2. The smallest absolute Gasteiger partial charge is 0.246 e. The number of carbonyl (C=O) groups excluding carboxylic acids is 1. The van der Waals surface area contributed by atoms with Gasteiger partial charge in [-0.1, -0.05) is 48.3 Å². The lowest BCUT2D eigenvalue weighted by atomic mass is 10.2. The van der Waals surface area contributed by atoms with Crippen LogP contribution in [0.3, 0.4) is 0 Å². The van der Waals surface area contributed by atoms with E-state index in [1.807, 2.05) is 37.3 Å². The van der Waals surface area contributed by atoms with Gasteiger partial charge in [-0.3, -0.25) is 4.79 Å². The van der Waals surface area contributed by atoms with Gasteiger partial charge in [-0.2, -0.15) is 0 Å². The summed E-state index contributed by atoms with van der Waals surface area (Å²) in [7, 11) is 0. The zero-order valence-corrected chi connectivity index (χ0v) is 13.1. The van der Waals surface area contributed by atoms with Crippen molar-refractivity contribution in [1.29, 1.82) is 0 Å². The first-order valence-corrected chi connectivity index (χ1v) is 7.43. The van der Waals surface area contributed by atoms with Crippen LogP contribution in [-0.4, -0.2) is 11.9 Å². The first-order valence-electron chi connectivity index (χ1n) is 6.67. The van der Waals surface area contributed by atoms with Gasteiger partial charge in [0.2, 0.25) is 5.91 Å². The molecule has 2 aromatic carbocycles. The van der Waals surface area contributed by atoms with E-state index in [1.165, 1.54) is 0 Å².